The van der Waals surface area contributed by atoms with Gasteiger partial charge in [-0.3, -0.25) is 4.57 Å². The second kappa shape index (κ2) is 16.7. The minimum atomic E-state index is -2.84. The molecule has 13 aromatic rings. The van der Waals surface area contributed by atoms with Crippen LogP contribution in [0.1, 0.15) is 0 Å². The fourth-order valence-electron chi connectivity index (χ4n) is 10.6. The van der Waals surface area contributed by atoms with Gasteiger partial charge in [-0.25, -0.2) is 4.98 Å². The van der Waals surface area contributed by atoms with Gasteiger partial charge in [0.15, 0.2) is 19.7 Å². The van der Waals surface area contributed by atoms with E-state index in [1.54, 1.807) is 0 Å². The summed E-state index contributed by atoms with van der Waals surface area (Å²) in [6.45, 7) is 0. The number of hydrogen-bond acceptors (Lipinski definition) is 3. The number of hydrogen-bond donors (Lipinski definition) is 0. The molecule has 0 aliphatic rings. The summed E-state index contributed by atoms with van der Waals surface area (Å²) < 4.78 is 4.58. The largest absolute Gasteiger partial charge is 0.309 e. The molecule has 10 aromatic carbocycles. The molecule has 0 saturated carbocycles. The summed E-state index contributed by atoms with van der Waals surface area (Å²) in [5.74, 6) is 1.79. The van der Waals surface area contributed by atoms with E-state index in [1.165, 1.54) is 42.6 Å². The zero-order valence-corrected chi connectivity index (χ0v) is 38.6. The molecule has 0 spiro atoms. The van der Waals surface area contributed by atoms with Crippen LogP contribution in [-0.2, 0) is 0 Å². The lowest BCUT2D eigenvalue weighted by Crippen LogP contribution is -2.74. The zero-order valence-electron chi connectivity index (χ0n) is 37.6. The van der Waals surface area contributed by atoms with Gasteiger partial charge in [0.25, 0.3) is 0 Å². The number of nitrogens with zero attached hydrogens (tertiary/aromatic N) is 5. The maximum absolute atomic E-state index is 5.44. The smallest absolute Gasteiger partial charge is 0.238 e. The Hall–Kier alpha value is -8.97. The van der Waals surface area contributed by atoms with E-state index >= 15 is 0 Å². The Balaban J connectivity index is 0.995. The van der Waals surface area contributed by atoms with Crippen LogP contribution in [0.5, 0.6) is 0 Å². The maximum Gasteiger partial charge on any atom is 0.238 e. The Labute approximate surface area is 400 Å². The van der Waals surface area contributed by atoms with E-state index in [0.29, 0.717) is 17.6 Å². The molecule has 0 amide bonds. The molecule has 0 unspecified atom stereocenters. The average molecular weight is 898 g/mol. The van der Waals surface area contributed by atoms with Gasteiger partial charge in [0.05, 0.1) is 22.1 Å². The normalized spacial score (nSPS) is 11.8. The van der Waals surface area contributed by atoms with Gasteiger partial charge >= 0.3 is 0 Å². The van der Waals surface area contributed by atoms with Crippen molar-refractivity contribution < 1.29 is 0 Å². The highest BCUT2D eigenvalue weighted by Crippen LogP contribution is 2.38. The van der Waals surface area contributed by atoms with E-state index in [4.69, 9.17) is 15.0 Å². The fraction of sp³-hybridized carbons (Fsp3) is 0. The highest BCUT2D eigenvalue weighted by atomic mass is 28.3. The number of para-hydroxylation sites is 3. The monoisotopic (exact) mass is 897 g/mol. The second-order valence-electron chi connectivity index (χ2n) is 17.6. The minimum absolute atomic E-state index is 0.566. The molecule has 0 bridgehead atoms. The van der Waals surface area contributed by atoms with E-state index < -0.39 is 8.07 Å². The molecule has 0 N–H and O–H groups in total. The molecule has 13 rings (SSSR count). The summed E-state index contributed by atoms with van der Waals surface area (Å²) in [7, 11) is -2.84. The summed E-state index contributed by atoms with van der Waals surface area (Å²) in [5.41, 5.74) is 9.73. The SMILES string of the molecule is c1ccc(-c2nc(-c3cccc([Si](c4ccccc4)(c4ccccc4)c4ccccc4)c3)nc(-n3c4ccccc4c4cc(-c5ccc6c(c5)c5ccccc5n6-c5ccccc5)ccc43)n2)cc1. The number of fused-ring (bicyclic) bond motifs is 6. The predicted octanol–water partition coefficient (Wildman–Crippen LogP) is 12.4. The van der Waals surface area contributed by atoms with Crippen molar-refractivity contribution in [2.24, 2.45) is 0 Å². The van der Waals surface area contributed by atoms with Crippen LogP contribution in [0, 0.1) is 0 Å². The Morgan fingerprint density at radius 2 is 0.667 bits per heavy atom. The molecule has 5 nitrogen and oxygen atoms in total. The third-order valence-corrected chi connectivity index (χ3v) is 18.5. The predicted molar refractivity (Wildman–Crippen MR) is 288 cm³/mol. The minimum Gasteiger partial charge on any atom is -0.309 e. The Morgan fingerprint density at radius 3 is 1.22 bits per heavy atom. The first-order valence-corrected chi connectivity index (χ1v) is 25.4. The first kappa shape index (κ1) is 40.3. The first-order chi connectivity index (χ1) is 34.2. The summed E-state index contributed by atoms with van der Waals surface area (Å²) in [5, 5.41) is 9.89. The summed E-state index contributed by atoms with van der Waals surface area (Å²) in [6, 6.07) is 93.8. The van der Waals surface area contributed by atoms with Crippen LogP contribution in [0.2, 0.25) is 0 Å². The van der Waals surface area contributed by atoms with Gasteiger partial charge in [-0.05, 0) is 80.4 Å². The second-order valence-corrected chi connectivity index (χ2v) is 21.4. The first-order valence-electron chi connectivity index (χ1n) is 23.4. The number of rotatable bonds is 9. The van der Waals surface area contributed by atoms with Crippen molar-refractivity contribution in [1.82, 2.24) is 24.1 Å². The van der Waals surface area contributed by atoms with Crippen LogP contribution >= 0.6 is 0 Å². The van der Waals surface area contributed by atoms with Crippen molar-refractivity contribution in [3.05, 3.63) is 261 Å². The summed E-state index contributed by atoms with van der Waals surface area (Å²) >= 11 is 0. The Kier molecular flexibility index (Phi) is 9.77. The van der Waals surface area contributed by atoms with Gasteiger partial charge in [-0.2, -0.15) is 9.97 Å². The van der Waals surface area contributed by atoms with Crippen molar-refractivity contribution in [2.45, 2.75) is 0 Å². The van der Waals surface area contributed by atoms with Crippen LogP contribution < -0.4 is 20.7 Å². The summed E-state index contributed by atoms with van der Waals surface area (Å²) in [4.78, 5) is 16.0. The summed E-state index contributed by atoms with van der Waals surface area (Å²) in [6.07, 6.45) is 0. The lowest BCUT2D eigenvalue weighted by atomic mass is 10.0. The van der Waals surface area contributed by atoms with Crippen molar-refractivity contribution in [3.8, 4) is 45.5 Å². The molecule has 69 heavy (non-hydrogen) atoms. The molecule has 3 aromatic heterocycles. The van der Waals surface area contributed by atoms with Crippen LogP contribution in [0.25, 0.3) is 89.2 Å². The zero-order chi connectivity index (χ0) is 45.7. The Morgan fingerprint density at radius 1 is 0.261 bits per heavy atom. The third kappa shape index (κ3) is 6.72. The molecule has 0 aliphatic carbocycles. The molecule has 324 valence electrons. The van der Waals surface area contributed by atoms with Crippen LogP contribution in [0.3, 0.4) is 0 Å². The standard InChI is InChI=1S/C63H43N5Si/c1-6-21-44(22-7-1)61-64-62(47-23-20-32-52(41-47)69(49-26-10-3-11-27-49,50-28-12-4-13-29-50)51-30-14-5-15-31-51)66-63(65-61)68-58-36-19-17-34-54(58)56-43-46(38-40-60(56)68)45-37-39-59-55(42-45)53-33-16-18-35-57(53)67(59)48-24-8-2-9-25-48/h1-43H. The molecule has 0 fully saturated rings. The molecular formula is C63H43N5Si. The van der Waals surface area contributed by atoms with Gasteiger partial charge in [0, 0.05) is 38.4 Å². The van der Waals surface area contributed by atoms with Crippen LogP contribution in [0.15, 0.2) is 261 Å². The van der Waals surface area contributed by atoms with Gasteiger partial charge < -0.3 is 4.57 Å². The van der Waals surface area contributed by atoms with Gasteiger partial charge in [0.2, 0.25) is 5.95 Å². The number of aromatic nitrogens is 5. The number of benzene rings is 10. The topological polar surface area (TPSA) is 48.5 Å². The van der Waals surface area contributed by atoms with Crippen molar-refractivity contribution in [3.63, 3.8) is 0 Å². The van der Waals surface area contributed by atoms with E-state index in [2.05, 4.69) is 252 Å². The lowest BCUT2D eigenvalue weighted by Gasteiger charge is -2.34. The average Bonchev–Trinajstić information content (AvgIpc) is 3.95. The van der Waals surface area contributed by atoms with E-state index in [-0.39, 0.29) is 0 Å². The molecule has 0 radical (unpaired) electrons. The Bertz CT molecular complexity index is 3900. The molecule has 6 heteroatoms. The third-order valence-electron chi connectivity index (χ3n) is 13.7. The highest BCUT2D eigenvalue weighted by molar-refractivity contribution is 7.19. The van der Waals surface area contributed by atoms with Crippen LogP contribution in [0.4, 0.5) is 0 Å². The van der Waals surface area contributed by atoms with Crippen molar-refractivity contribution in [1.29, 1.82) is 0 Å². The quantitative estimate of drug-likeness (QED) is 0.107. The lowest BCUT2D eigenvalue weighted by molar-refractivity contribution is 0.953. The van der Waals surface area contributed by atoms with E-state index in [1.807, 2.05) is 18.2 Å². The molecule has 0 atom stereocenters. The molecule has 0 aliphatic heterocycles. The van der Waals surface area contributed by atoms with E-state index in [0.717, 1.165) is 49.7 Å². The fourth-order valence-corrected chi connectivity index (χ4v) is 15.4. The van der Waals surface area contributed by atoms with Gasteiger partial charge in [0.1, 0.15) is 0 Å². The van der Waals surface area contributed by atoms with Crippen LogP contribution in [-0.4, -0.2) is 32.2 Å². The molecule has 0 saturated heterocycles. The van der Waals surface area contributed by atoms with Gasteiger partial charge in [-0.1, -0.05) is 212 Å². The maximum atomic E-state index is 5.44. The van der Waals surface area contributed by atoms with Crippen molar-refractivity contribution >= 4 is 72.4 Å². The van der Waals surface area contributed by atoms with Gasteiger partial charge in [-0.15, -0.1) is 0 Å². The molecular weight excluding hydrogens is 855 g/mol. The molecule has 3 heterocycles. The highest BCUT2D eigenvalue weighted by Gasteiger charge is 2.41. The van der Waals surface area contributed by atoms with Crippen molar-refractivity contribution in [2.75, 3.05) is 0 Å². The van der Waals surface area contributed by atoms with E-state index in [9.17, 15) is 0 Å².